The summed E-state index contributed by atoms with van der Waals surface area (Å²) in [4.78, 5) is 33.7. The van der Waals surface area contributed by atoms with Crippen LogP contribution in [-0.4, -0.2) is 36.2 Å². The fourth-order valence-electron chi connectivity index (χ4n) is 2.08. The molecule has 10 heteroatoms. The van der Waals surface area contributed by atoms with Crippen molar-refractivity contribution in [1.82, 2.24) is 5.43 Å². The van der Waals surface area contributed by atoms with Gasteiger partial charge in [-0.15, -0.1) is 0 Å². The molecule has 0 spiro atoms. The second-order valence-corrected chi connectivity index (χ2v) is 6.12. The number of nitro benzene ring substituents is 1. The van der Waals surface area contributed by atoms with Gasteiger partial charge in [-0.05, 0) is 36.8 Å². The molecule has 0 aliphatic rings. The number of halogens is 1. The van der Waals surface area contributed by atoms with Crippen LogP contribution in [0.3, 0.4) is 0 Å². The highest BCUT2D eigenvalue weighted by Crippen LogP contribution is 2.24. The van der Waals surface area contributed by atoms with Gasteiger partial charge in [-0.25, -0.2) is 10.2 Å². The lowest BCUT2D eigenvalue weighted by Gasteiger charge is -2.06. The smallest absolute Gasteiger partial charge is 0.338 e. The van der Waals surface area contributed by atoms with Crippen molar-refractivity contribution in [2.45, 2.75) is 13.3 Å². The zero-order chi connectivity index (χ0) is 21.2. The van der Waals surface area contributed by atoms with Crippen molar-refractivity contribution >= 4 is 35.4 Å². The number of benzene rings is 2. The molecule has 1 amide bonds. The SMILES string of the molecule is CCCOC(=O)c1ccc(OCC(=O)NN=Cc2ccc(Cl)c([N+](=O)[O-])c2)cc1. The second kappa shape index (κ2) is 10.8. The molecule has 0 fully saturated rings. The van der Waals surface area contributed by atoms with Crippen molar-refractivity contribution in [3.8, 4) is 5.75 Å². The van der Waals surface area contributed by atoms with E-state index < -0.39 is 16.8 Å². The minimum absolute atomic E-state index is 0.00855. The van der Waals surface area contributed by atoms with Crippen molar-refractivity contribution in [2.75, 3.05) is 13.2 Å². The summed E-state index contributed by atoms with van der Waals surface area (Å²) in [6, 6.07) is 10.3. The number of carbonyl (C=O) groups is 2. The second-order valence-electron chi connectivity index (χ2n) is 5.71. The van der Waals surface area contributed by atoms with Gasteiger partial charge >= 0.3 is 5.97 Å². The van der Waals surface area contributed by atoms with Crippen molar-refractivity contribution in [3.63, 3.8) is 0 Å². The number of ether oxygens (including phenoxy) is 2. The van der Waals surface area contributed by atoms with Gasteiger partial charge in [-0.1, -0.05) is 24.6 Å². The Morgan fingerprint density at radius 2 is 1.97 bits per heavy atom. The Morgan fingerprint density at radius 1 is 1.24 bits per heavy atom. The van der Waals surface area contributed by atoms with Crippen LogP contribution in [0.25, 0.3) is 0 Å². The van der Waals surface area contributed by atoms with E-state index in [1.54, 1.807) is 12.1 Å². The summed E-state index contributed by atoms with van der Waals surface area (Å²) in [5.41, 5.74) is 2.77. The van der Waals surface area contributed by atoms with Crippen LogP contribution in [-0.2, 0) is 9.53 Å². The third-order valence-electron chi connectivity index (χ3n) is 3.47. The maximum absolute atomic E-state index is 11.8. The van der Waals surface area contributed by atoms with Crippen LogP contribution in [0.4, 0.5) is 5.69 Å². The molecule has 2 aromatic rings. The van der Waals surface area contributed by atoms with Gasteiger partial charge in [0, 0.05) is 11.6 Å². The zero-order valence-corrected chi connectivity index (χ0v) is 16.2. The monoisotopic (exact) mass is 419 g/mol. The van der Waals surface area contributed by atoms with Gasteiger partial charge < -0.3 is 9.47 Å². The molecular formula is C19H18ClN3O6. The average Bonchev–Trinajstić information content (AvgIpc) is 2.71. The number of rotatable bonds is 9. The van der Waals surface area contributed by atoms with Gasteiger partial charge in [0.2, 0.25) is 0 Å². The van der Waals surface area contributed by atoms with E-state index in [-0.39, 0.29) is 17.3 Å². The van der Waals surface area contributed by atoms with Crippen LogP contribution in [0.2, 0.25) is 5.02 Å². The number of nitrogens with one attached hydrogen (secondary N) is 1. The first-order valence-corrected chi connectivity index (χ1v) is 8.94. The number of hydrazone groups is 1. The first kappa shape index (κ1) is 21.8. The molecule has 0 bridgehead atoms. The van der Waals surface area contributed by atoms with E-state index in [0.717, 1.165) is 6.42 Å². The Morgan fingerprint density at radius 3 is 2.62 bits per heavy atom. The normalized spacial score (nSPS) is 10.6. The third-order valence-corrected chi connectivity index (χ3v) is 3.79. The Bertz CT molecular complexity index is 915. The summed E-state index contributed by atoms with van der Waals surface area (Å²) < 4.78 is 10.3. The van der Waals surface area contributed by atoms with Gasteiger partial charge in [0.15, 0.2) is 6.61 Å². The van der Waals surface area contributed by atoms with Crippen LogP contribution in [0, 0.1) is 10.1 Å². The minimum atomic E-state index is -0.610. The van der Waals surface area contributed by atoms with Gasteiger partial charge in [0.25, 0.3) is 11.6 Å². The zero-order valence-electron chi connectivity index (χ0n) is 15.5. The van der Waals surface area contributed by atoms with E-state index in [1.807, 2.05) is 6.92 Å². The van der Waals surface area contributed by atoms with Crippen LogP contribution in [0.5, 0.6) is 5.75 Å². The van der Waals surface area contributed by atoms with Crippen LogP contribution in [0.1, 0.15) is 29.3 Å². The van der Waals surface area contributed by atoms with Gasteiger partial charge in [-0.3, -0.25) is 14.9 Å². The molecule has 0 aliphatic carbocycles. The van der Waals surface area contributed by atoms with Crippen molar-refractivity contribution in [3.05, 3.63) is 68.7 Å². The molecule has 29 heavy (non-hydrogen) atoms. The molecule has 0 saturated carbocycles. The molecular weight excluding hydrogens is 402 g/mol. The first-order chi connectivity index (χ1) is 13.9. The molecule has 0 aliphatic heterocycles. The summed E-state index contributed by atoms with van der Waals surface area (Å²) in [5.74, 6) is -0.562. The Kier molecular flexibility index (Phi) is 8.11. The van der Waals surface area contributed by atoms with E-state index in [1.165, 1.54) is 36.5 Å². The van der Waals surface area contributed by atoms with E-state index in [4.69, 9.17) is 21.1 Å². The number of nitro groups is 1. The van der Waals surface area contributed by atoms with Crippen LogP contribution in [0.15, 0.2) is 47.6 Å². The van der Waals surface area contributed by atoms with E-state index in [2.05, 4.69) is 10.5 Å². The number of hydrogen-bond donors (Lipinski definition) is 1. The highest BCUT2D eigenvalue weighted by atomic mass is 35.5. The minimum Gasteiger partial charge on any atom is -0.484 e. The molecule has 0 saturated heterocycles. The predicted octanol–water partition coefficient (Wildman–Crippen LogP) is 3.34. The summed E-state index contributed by atoms with van der Waals surface area (Å²) in [6.45, 7) is 1.94. The molecule has 152 valence electrons. The van der Waals surface area contributed by atoms with E-state index in [0.29, 0.717) is 23.5 Å². The maximum Gasteiger partial charge on any atom is 0.338 e. The number of carbonyl (C=O) groups excluding carboxylic acids is 2. The summed E-state index contributed by atoms with van der Waals surface area (Å²) in [6.07, 6.45) is 1.98. The maximum atomic E-state index is 11.8. The number of esters is 1. The number of nitrogens with zero attached hydrogens (tertiary/aromatic N) is 2. The molecule has 2 aromatic carbocycles. The summed E-state index contributed by atoms with van der Waals surface area (Å²) >= 11 is 5.73. The fraction of sp³-hybridized carbons (Fsp3) is 0.211. The Hall–Kier alpha value is -3.46. The number of hydrogen-bond acceptors (Lipinski definition) is 7. The first-order valence-electron chi connectivity index (χ1n) is 8.56. The third kappa shape index (κ3) is 6.89. The number of amides is 1. The molecule has 0 heterocycles. The lowest BCUT2D eigenvalue weighted by molar-refractivity contribution is -0.384. The van der Waals surface area contributed by atoms with Crippen LogP contribution < -0.4 is 10.2 Å². The van der Waals surface area contributed by atoms with Gasteiger partial charge in [-0.2, -0.15) is 5.10 Å². The highest BCUT2D eigenvalue weighted by Gasteiger charge is 2.12. The largest absolute Gasteiger partial charge is 0.484 e. The molecule has 2 rings (SSSR count). The standard InChI is InChI=1S/C19H18ClN3O6/c1-2-9-28-19(25)14-4-6-15(7-5-14)29-12-18(24)22-21-11-13-3-8-16(20)17(10-13)23(26)27/h3-8,10-11H,2,9,12H2,1H3,(H,22,24). The molecule has 0 aromatic heterocycles. The van der Waals surface area contributed by atoms with E-state index in [9.17, 15) is 19.7 Å². The highest BCUT2D eigenvalue weighted by molar-refractivity contribution is 6.32. The predicted molar refractivity (Wildman–Crippen MR) is 106 cm³/mol. The lowest BCUT2D eigenvalue weighted by Crippen LogP contribution is -2.24. The topological polar surface area (TPSA) is 120 Å². The summed E-state index contributed by atoms with van der Waals surface area (Å²) in [5, 5.41) is 14.6. The van der Waals surface area contributed by atoms with Crippen molar-refractivity contribution < 1.29 is 24.0 Å². The molecule has 0 radical (unpaired) electrons. The van der Waals surface area contributed by atoms with Gasteiger partial charge in [0.05, 0.1) is 23.3 Å². The molecule has 9 nitrogen and oxygen atoms in total. The molecule has 1 N–H and O–H groups in total. The van der Waals surface area contributed by atoms with Crippen molar-refractivity contribution in [1.29, 1.82) is 0 Å². The Labute approximate surface area is 171 Å². The van der Waals surface area contributed by atoms with Gasteiger partial charge in [0.1, 0.15) is 10.8 Å². The van der Waals surface area contributed by atoms with E-state index >= 15 is 0 Å². The average molecular weight is 420 g/mol. The molecule has 0 atom stereocenters. The fourth-order valence-corrected chi connectivity index (χ4v) is 2.26. The Balaban J connectivity index is 1.82. The van der Waals surface area contributed by atoms with Crippen molar-refractivity contribution in [2.24, 2.45) is 5.10 Å². The molecule has 0 unspecified atom stereocenters. The lowest BCUT2D eigenvalue weighted by atomic mass is 10.2. The van der Waals surface area contributed by atoms with Crippen LogP contribution >= 0.6 is 11.6 Å². The quantitative estimate of drug-likeness (QED) is 0.288. The summed E-state index contributed by atoms with van der Waals surface area (Å²) in [7, 11) is 0.